The molecule has 1 aliphatic rings. The van der Waals surface area contributed by atoms with Gasteiger partial charge in [-0.1, -0.05) is 30.1 Å². The number of benzene rings is 1. The van der Waals surface area contributed by atoms with Crippen LogP contribution in [0.2, 0.25) is 10.0 Å². The number of nitrogens with one attached hydrogen (secondary N) is 2. The van der Waals surface area contributed by atoms with E-state index in [1.54, 1.807) is 18.2 Å². The number of rotatable bonds is 3. The van der Waals surface area contributed by atoms with Gasteiger partial charge in [-0.15, -0.1) is 0 Å². The van der Waals surface area contributed by atoms with Gasteiger partial charge in [0, 0.05) is 10.9 Å². The Bertz CT molecular complexity index is 465. The molecule has 0 aliphatic carbocycles. The molecule has 0 spiro atoms. The van der Waals surface area contributed by atoms with E-state index in [4.69, 9.17) is 23.2 Å². The van der Waals surface area contributed by atoms with E-state index in [9.17, 15) is 4.79 Å². The average molecular weight is 302 g/mol. The first-order chi connectivity index (χ1) is 9.04. The minimum Gasteiger partial charge on any atom is -0.327 e. The summed E-state index contributed by atoms with van der Waals surface area (Å²) in [6.45, 7) is 4.89. The molecule has 2 N–H and O–H groups in total. The van der Waals surface area contributed by atoms with Crippen LogP contribution in [0.3, 0.4) is 0 Å². The molecular formula is C14H19Cl2N2O+. The normalized spacial score (nSPS) is 23.1. The number of carbonyl (C=O) groups excluding carboxylic acids is 1. The number of anilines is 1. The molecule has 2 rings (SSSR count). The van der Waals surface area contributed by atoms with Gasteiger partial charge in [0.1, 0.15) is 0 Å². The van der Waals surface area contributed by atoms with Crippen molar-refractivity contribution in [3.8, 4) is 0 Å². The molecule has 19 heavy (non-hydrogen) atoms. The van der Waals surface area contributed by atoms with Crippen molar-refractivity contribution in [1.82, 2.24) is 0 Å². The Kier molecular flexibility index (Phi) is 5.08. The summed E-state index contributed by atoms with van der Waals surface area (Å²) in [6.07, 6.45) is 2.47. The van der Waals surface area contributed by atoms with Crippen molar-refractivity contribution < 1.29 is 9.69 Å². The maximum Gasteiger partial charge on any atom is 0.279 e. The van der Waals surface area contributed by atoms with Crippen molar-refractivity contribution in [3.05, 3.63) is 28.2 Å². The zero-order valence-electron chi connectivity index (χ0n) is 11.0. The van der Waals surface area contributed by atoms with Crippen LogP contribution in [0.5, 0.6) is 0 Å². The summed E-state index contributed by atoms with van der Waals surface area (Å²) >= 11 is 11.9. The Morgan fingerprint density at radius 2 is 2.26 bits per heavy atom. The summed E-state index contributed by atoms with van der Waals surface area (Å²) in [7, 11) is 0. The molecular weight excluding hydrogens is 283 g/mol. The highest BCUT2D eigenvalue weighted by Crippen LogP contribution is 2.25. The largest absolute Gasteiger partial charge is 0.327 e. The molecule has 1 fully saturated rings. The van der Waals surface area contributed by atoms with Crippen LogP contribution in [0.15, 0.2) is 18.2 Å². The second-order valence-corrected chi connectivity index (χ2v) is 6.14. The summed E-state index contributed by atoms with van der Waals surface area (Å²) in [4.78, 5) is 13.3. The highest BCUT2D eigenvalue weighted by molar-refractivity contribution is 6.36. The predicted molar refractivity (Wildman–Crippen MR) is 79.1 cm³/mol. The van der Waals surface area contributed by atoms with E-state index in [0.717, 1.165) is 13.1 Å². The Morgan fingerprint density at radius 3 is 2.95 bits per heavy atom. The van der Waals surface area contributed by atoms with Crippen molar-refractivity contribution in [2.45, 2.75) is 19.8 Å². The van der Waals surface area contributed by atoms with Crippen molar-refractivity contribution in [1.29, 1.82) is 0 Å². The molecule has 0 saturated carbocycles. The van der Waals surface area contributed by atoms with Crippen molar-refractivity contribution in [2.24, 2.45) is 5.92 Å². The van der Waals surface area contributed by atoms with Gasteiger partial charge in [-0.2, -0.15) is 0 Å². The maximum atomic E-state index is 12.0. The van der Waals surface area contributed by atoms with E-state index in [-0.39, 0.29) is 5.91 Å². The lowest BCUT2D eigenvalue weighted by Gasteiger charge is -2.27. The number of piperidine rings is 1. The number of hydrogen-bond donors (Lipinski definition) is 2. The fourth-order valence-corrected chi connectivity index (χ4v) is 3.03. The first-order valence-electron chi connectivity index (χ1n) is 6.63. The Balaban J connectivity index is 1.90. The molecule has 3 nitrogen and oxygen atoms in total. The van der Waals surface area contributed by atoms with Gasteiger partial charge in [-0.05, 0) is 31.0 Å². The molecule has 1 saturated heterocycles. The Morgan fingerprint density at radius 1 is 1.47 bits per heavy atom. The molecule has 0 radical (unpaired) electrons. The van der Waals surface area contributed by atoms with Gasteiger partial charge >= 0.3 is 0 Å². The van der Waals surface area contributed by atoms with Crippen molar-refractivity contribution in [3.63, 3.8) is 0 Å². The molecule has 5 heteroatoms. The summed E-state index contributed by atoms with van der Waals surface area (Å²) in [5.41, 5.74) is 0.625. The van der Waals surface area contributed by atoms with E-state index in [1.165, 1.54) is 17.7 Å². The topological polar surface area (TPSA) is 33.5 Å². The van der Waals surface area contributed by atoms with Gasteiger partial charge in [0.05, 0.1) is 23.8 Å². The van der Waals surface area contributed by atoms with E-state index in [1.807, 2.05) is 0 Å². The molecule has 2 atom stereocenters. The lowest BCUT2D eigenvalue weighted by atomic mass is 10.0. The van der Waals surface area contributed by atoms with E-state index < -0.39 is 0 Å². The SMILES string of the molecule is C[C@@H]1CCC[NH+](CC(=O)Nc2ccc(Cl)cc2Cl)C1. The van der Waals surface area contributed by atoms with Crippen LogP contribution in [0.25, 0.3) is 0 Å². The number of carbonyl (C=O) groups is 1. The summed E-state index contributed by atoms with van der Waals surface area (Å²) in [5, 5.41) is 3.89. The highest BCUT2D eigenvalue weighted by atomic mass is 35.5. The molecule has 1 unspecified atom stereocenters. The molecule has 1 heterocycles. The van der Waals surface area contributed by atoms with Crippen LogP contribution in [-0.4, -0.2) is 25.5 Å². The third kappa shape index (κ3) is 4.37. The Labute approximate surface area is 123 Å². The average Bonchev–Trinajstić information content (AvgIpc) is 2.33. The van der Waals surface area contributed by atoms with E-state index >= 15 is 0 Å². The quantitative estimate of drug-likeness (QED) is 0.882. The molecule has 1 aliphatic heterocycles. The molecule has 0 bridgehead atoms. The van der Waals surface area contributed by atoms with Gasteiger partial charge in [-0.3, -0.25) is 4.79 Å². The van der Waals surface area contributed by atoms with Crippen molar-refractivity contribution >= 4 is 34.8 Å². The first-order valence-corrected chi connectivity index (χ1v) is 7.38. The minimum absolute atomic E-state index is 0.00771. The monoisotopic (exact) mass is 301 g/mol. The second kappa shape index (κ2) is 6.60. The number of halogens is 2. The van der Waals surface area contributed by atoms with Gasteiger partial charge in [0.25, 0.3) is 5.91 Å². The number of amides is 1. The van der Waals surface area contributed by atoms with Crippen LogP contribution in [0.1, 0.15) is 19.8 Å². The number of likely N-dealkylation sites (tertiary alicyclic amines) is 1. The fourth-order valence-electron chi connectivity index (χ4n) is 2.57. The van der Waals surface area contributed by atoms with Gasteiger partial charge in [-0.25, -0.2) is 0 Å². The van der Waals surface area contributed by atoms with Crippen molar-refractivity contribution in [2.75, 3.05) is 25.0 Å². The van der Waals surface area contributed by atoms with Gasteiger partial charge in [0.2, 0.25) is 0 Å². The van der Waals surface area contributed by atoms with Gasteiger partial charge < -0.3 is 10.2 Å². The number of hydrogen-bond acceptors (Lipinski definition) is 1. The molecule has 0 aromatic heterocycles. The standard InChI is InChI=1S/C14H18Cl2N2O/c1-10-3-2-6-18(8-10)9-14(19)17-13-5-4-11(15)7-12(13)16/h4-5,7,10H,2-3,6,8-9H2,1H3,(H,17,19)/p+1/t10-/m1/s1. The summed E-state index contributed by atoms with van der Waals surface area (Å²) < 4.78 is 0. The minimum atomic E-state index is 0.00771. The molecule has 1 aromatic rings. The van der Waals surface area contributed by atoms with Crippen LogP contribution in [0.4, 0.5) is 5.69 Å². The molecule has 104 valence electrons. The lowest BCUT2D eigenvalue weighted by molar-refractivity contribution is -0.900. The van der Waals surface area contributed by atoms with E-state index in [0.29, 0.717) is 28.2 Å². The maximum absolute atomic E-state index is 12.0. The number of quaternary nitrogens is 1. The van der Waals surface area contributed by atoms with E-state index in [2.05, 4.69) is 12.2 Å². The van der Waals surface area contributed by atoms with Crippen LogP contribution in [-0.2, 0) is 4.79 Å². The van der Waals surface area contributed by atoms with Gasteiger partial charge in [0.15, 0.2) is 6.54 Å². The zero-order valence-corrected chi connectivity index (χ0v) is 12.5. The van der Waals surface area contributed by atoms with Crippen LogP contribution >= 0.6 is 23.2 Å². The third-order valence-corrected chi connectivity index (χ3v) is 4.03. The fraction of sp³-hybridized carbons (Fsp3) is 0.500. The molecule has 1 amide bonds. The lowest BCUT2D eigenvalue weighted by Crippen LogP contribution is -3.14. The summed E-state index contributed by atoms with van der Waals surface area (Å²) in [5.74, 6) is 0.712. The second-order valence-electron chi connectivity index (χ2n) is 5.30. The third-order valence-electron chi connectivity index (χ3n) is 3.48. The highest BCUT2D eigenvalue weighted by Gasteiger charge is 2.22. The predicted octanol–water partition coefficient (Wildman–Crippen LogP) is 2.25. The van der Waals surface area contributed by atoms with Crippen LogP contribution < -0.4 is 10.2 Å². The Hall–Kier alpha value is -0.770. The zero-order chi connectivity index (χ0) is 13.8. The molecule has 1 aromatic carbocycles. The van der Waals surface area contributed by atoms with Crippen LogP contribution in [0, 0.1) is 5.92 Å². The smallest absolute Gasteiger partial charge is 0.279 e. The summed E-state index contributed by atoms with van der Waals surface area (Å²) in [6, 6.07) is 5.09. The first kappa shape index (κ1) is 14.6.